The van der Waals surface area contributed by atoms with E-state index in [-0.39, 0.29) is 0 Å². The smallest absolute Gasteiger partial charge is 0.0737 e. The van der Waals surface area contributed by atoms with Crippen LogP contribution in [0.5, 0.6) is 0 Å². The molecule has 18 heavy (non-hydrogen) atoms. The summed E-state index contributed by atoms with van der Waals surface area (Å²) in [5, 5.41) is 1.31. The van der Waals surface area contributed by atoms with Gasteiger partial charge in [-0.15, -0.1) is 0 Å². The van der Waals surface area contributed by atoms with Crippen LogP contribution in [0.1, 0.15) is 5.69 Å². The quantitative estimate of drug-likeness (QED) is 0.728. The molecule has 0 aliphatic heterocycles. The molecule has 6 heteroatoms. The summed E-state index contributed by atoms with van der Waals surface area (Å²) in [6.45, 7) is 1.80. The molecule has 1 aromatic carbocycles. The van der Waals surface area contributed by atoms with Gasteiger partial charge in [0.05, 0.1) is 37.2 Å². The van der Waals surface area contributed by atoms with Crippen molar-refractivity contribution in [3.63, 3.8) is 0 Å². The van der Waals surface area contributed by atoms with Gasteiger partial charge in [-0.2, -0.15) is 0 Å². The number of hydrogen-bond acceptors (Lipinski definition) is 2. The van der Waals surface area contributed by atoms with Crippen molar-refractivity contribution in [2.45, 2.75) is 6.92 Å². The number of nitrogens with zero attached hydrogens (tertiary/aromatic N) is 1. The van der Waals surface area contributed by atoms with Crippen LogP contribution < -0.4 is 5.73 Å². The van der Waals surface area contributed by atoms with Crippen molar-refractivity contribution in [1.29, 1.82) is 0 Å². The normalized spacial score (nSPS) is 10.7. The molecule has 0 fully saturated rings. The SMILES string of the molecule is Cc1nc(-c2c(Cl)c(Cl)cc(Cl)c2Cl)ccc1N. The number of pyridine rings is 1. The fourth-order valence-electron chi connectivity index (χ4n) is 1.51. The topological polar surface area (TPSA) is 38.9 Å². The van der Waals surface area contributed by atoms with Crippen molar-refractivity contribution in [3.8, 4) is 11.3 Å². The Hall–Kier alpha value is -0.670. The van der Waals surface area contributed by atoms with Gasteiger partial charge in [0.2, 0.25) is 0 Å². The molecule has 0 bridgehead atoms. The predicted molar refractivity (Wildman–Crippen MR) is 78.9 cm³/mol. The van der Waals surface area contributed by atoms with Crippen molar-refractivity contribution < 1.29 is 0 Å². The van der Waals surface area contributed by atoms with Crippen LogP contribution in [-0.4, -0.2) is 4.98 Å². The summed E-state index contributed by atoms with van der Waals surface area (Å²) in [4.78, 5) is 4.34. The van der Waals surface area contributed by atoms with Crippen LogP contribution in [0, 0.1) is 6.92 Å². The Morgan fingerprint density at radius 1 is 1.00 bits per heavy atom. The van der Waals surface area contributed by atoms with Crippen LogP contribution >= 0.6 is 46.4 Å². The Morgan fingerprint density at radius 2 is 1.56 bits per heavy atom. The van der Waals surface area contributed by atoms with E-state index in [0.29, 0.717) is 42.7 Å². The summed E-state index contributed by atoms with van der Waals surface area (Å²) in [6.07, 6.45) is 0. The van der Waals surface area contributed by atoms with Gasteiger partial charge >= 0.3 is 0 Å². The molecule has 2 aromatic rings. The molecule has 0 aliphatic carbocycles. The number of aryl methyl sites for hydroxylation is 1. The molecular weight excluding hydrogens is 314 g/mol. The van der Waals surface area contributed by atoms with E-state index in [1.54, 1.807) is 19.1 Å². The lowest BCUT2D eigenvalue weighted by Gasteiger charge is -2.11. The zero-order valence-electron chi connectivity index (χ0n) is 9.27. The number of hydrogen-bond donors (Lipinski definition) is 1. The Balaban J connectivity index is 2.74. The predicted octanol–water partition coefficient (Wildman–Crippen LogP) is 5.25. The maximum atomic E-state index is 6.15. The van der Waals surface area contributed by atoms with E-state index >= 15 is 0 Å². The van der Waals surface area contributed by atoms with Crippen LogP contribution in [-0.2, 0) is 0 Å². The lowest BCUT2D eigenvalue weighted by atomic mass is 10.1. The van der Waals surface area contributed by atoms with Gasteiger partial charge in [-0.1, -0.05) is 46.4 Å². The Kier molecular flexibility index (Phi) is 3.93. The highest BCUT2D eigenvalue weighted by Crippen LogP contribution is 2.42. The minimum absolute atomic E-state index is 0.322. The second kappa shape index (κ2) is 5.14. The molecular formula is C12H8Cl4N2. The molecule has 2 nitrogen and oxygen atoms in total. The Labute approximate surface area is 125 Å². The van der Waals surface area contributed by atoms with Crippen LogP contribution in [0.4, 0.5) is 5.69 Å². The molecule has 0 unspecified atom stereocenters. The monoisotopic (exact) mass is 320 g/mol. The summed E-state index contributed by atoms with van der Waals surface area (Å²) >= 11 is 24.3. The largest absolute Gasteiger partial charge is 0.397 e. The summed E-state index contributed by atoms with van der Waals surface area (Å²) in [5.41, 5.74) is 8.11. The highest BCUT2D eigenvalue weighted by molar-refractivity contribution is 6.50. The first-order chi connectivity index (χ1) is 8.41. The first kappa shape index (κ1) is 13.8. The number of halogens is 4. The van der Waals surface area contributed by atoms with E-state index < -0.39 is 0 Å². The van der Waals surface area contributed by atoms with Gasteiger partial charge in [0.25, 0.3) is 0 Å². The summed E-state index contributed by atoms with van der Waals surface area (Å²) in [6, 6.07) is 4.96. The number of anilines is 1. The zero-order valence-corrected chi connectivity index (χ0v) is 12.3. The van der Waals surface area contributed by atoms with Crippen LogP contribution in [0.25, 0.3) is 11.3 Å². The van der Waals surface area contributed by atoms with Gasteiger partial charge in [0.1, 0.15) is 0 Å². The average Bonchev–Trinajstić information content (AvgIpc) is 2.31. The molecule has 0 amide bonds. The lowest BCUT2D eigenvalue weighted by Crippen LogP contribution is -1.95. The molecule has 2 N–H and O–H groups in total. The van der Waals surface area contributed by atoms with Gasteiger partial charge < -0.3 is 5.73 Å². The maximum Gasteiger partial charge on any atom is 0.0737 e. The third kappa shape index (κ3) is 2.39. The molecule has 0 radical (unpaired) electrons. The highest BCUT2D eigenvalue weighted by atomic mass is 35.5. The average molecular weight is 322 g/mol. The molecule has 0 saturated heterocycles. The third-order valence-electron chi connectivity index (χ3n) is 2.49. The van der Waals surface area contributed by atoms with Gasteiger partial charge in [-0.3, -0.25) is 4.98 Å². The molecule has 1 aromatic heterocycles. The second-order valence-corrected chi connectivity index (χ2v) is 5.28. The summed E-state index contributed by atoms with van der Waals surface area (Å²) < 4.78 is 0. The fourth-order valence-corrected chi connectivity index (χ4v) is 2.51. The van der Waals surface area contributed by atoms with E-state index in [9.17, 15) is 0 Å². The van der Waals surface area contributed by atoms with E-state index in [2.05, 4.69) is 4.98 Å². The van der Waals surface area contributed by atoms with E-state index in [1.807, 2.05) is 0 Å². The second-order valence-electron chi connectivity index (χ2n) is 3.71. The number of nitrogen functional groups attached to an aromatic ring is 1. The number of nitrogens with two attached hydrogens (primary N) is 1. The lowest BCUT2D eigenvalue weighted by molar-refractivity contribution is 1.21. The molecule has 0 atom stereocenters. The van der Waals surface area contributed by atoms with Gasteiger partial charge in [-0.05, 0) is 25.1 Å². The minimum atomic E-state index is 0.322. The van der Waals surface area contributed by atoms with Crippen molar-refractivity contribution in [2.75, 3.05) is 5.73 Å². The number of aromatic nitrogens is 1. The Bertz CT molecular complexity index is 600. The maximum absolute atomic E-state index is 6.15. The molecule has 0 aliphatic rings. The number of rotatable bonds is 1. The molecule has 0 spiro atoms. The van der Waals surface area contributed by atoms with Gasteiger partial charge in [0, 0.05) is 5.56 Å². The van der Waals surface area contributed by atoms with E-state index in [4.69, 9.17) is 52.1 Å². The van der Waals surface area contributed by atoms with Crippen molar-refractivity contribution in [1.82, 2.24) is 4.98 Å². The first-order valence-electron chi connectivity index (χ1n) is 4.98. The van der Waals surface area contributed by atoms with Crippen molar-refractivity contribution >= 4 is 52.1 Å². The standard InChI is InChI=1S/C12H8Cl4N2/c1-5-8(17)2-3-9(18-5)10-11(15)6(13)4-7(14)12(10)16/h2-4H,17H2,1H3. The number of benzene rings is 1. The van der Waals surface area contributed by atoms with E-state index in [1.165, 1.54) is 6.07 Å². The van der Waals surface area contributed by atoms with Gasteiger partial charge in [0.15, 0.2) is 0 Å². The van der Waals surface area contributed by atoms with Crippen LogP contribution in [0.15, 0.2) is 18.2 Å². The van der Waals surface area contributed by atoms with Crippen molar-refractivity contribution in [2.24, 2.45) is 0 Å². The minimum Gasteiger partial charge on any atom is -0.397 e. The summed E-state index contributed by atoms with van der Waals surface area (Å²) in [7, 11) is 0. The first-order valence-corrected chi connectivity index (χ1v) is 6.49. The molecule has 0 saturated carbocycles. The summed E-state index contributed by atoms with van der Waals surface area (Å²) in [5.74, 6) is 0. The van der Waals surface area contributed by atoms with E-state index in [0.717, 1.165) is 0 Å². The molecule has 1 heterocycles. The van der Waals surface area contributed by atoms with Gasteiger partial charge in [-0.25, -0.2) is 0 Å². The third-order valence-corrected chi connectivity index (χ3v) is 4.07. The van der Waals surface area contributed by atoms with Crippen LogP contribution in [0.2, 0.25) is 20.1 Å². The Morgan fingerprint density at radius 3 is 2.06 bits per heavy atom. The highest BCUT2D eigenvalue weighted by Gasteiger charge is 2.17. The van der Waals surface area contributed by atoms with Crippen molar-refractivity contribution in [3.05, 3.63) is 44.0 Å². The molecule has 94 valence electrons. The molecule has 2 rings (SSSR count). The van der Waals surface area contributed by atoms with Crippen LogP contribution in [0.3, 0.4) is 0 Å². The fraction of sp³-hybridized carbons (Fsp3) is 0.0833. The zero-order chi connectivity index (χ0) is 13.4.